The second-order valence-electron chi connectivity index (χ2n) is 7.45. The minimum absolute atomic E-state index is 0.00773. The van der Waals surface area contributed by atoms with Crippen LogP contribution in [0.3, 0.4) is 0 Å². The normalized spacial score (nSPS) is 18.1. The molecule has 28 heavy (non-hydrogen) atoms. The highest BCUT2D eigenvalue weighted by atomic mass is 32.1. The molecular weight excluding hydrogens is 368 g/mol. The minimum Gasteiger partial charge on any atom is -0.288 e. The summed E-state index contributed by atoms with van der Waals surface area (Å²) in [5.74, 6) is 0. The molecule has 142 valence electrons. The van der Waals surface area contributed by atoms with E-state index in [2.05, 4.69) is 23.1 Å². The van der Waals surface area contributed by atoms with Crippen molar-refractivity contribution in [3.8, 4) is 0 Å². The highest BCUT2D eigenvalue weighted by Crippen LogP contribution is 2.36. The molecule has 6 heteroatoms. The van der Waals surface area contributed by atoms with E-state index in [0.29, 0.717) is 12.6 Å². The lowest BCUT2D eigenvalue weighted by atomic mass is 10.0. The number of para-hydroxylation sites is 1. The molecular formula is C22H22N4OS. The second kappa shape index (κ2) is 7.11. The Bertz CT molecular complexity index is 1180. The maximum atomic E-state index is 12.6. The monoisotopic (exact) mass is 390 g/mol. The van der Waals surface area contributed by atoms with Crippen molar-refractivity contribution in [2.24, 2.45) is 0 Å². The number of benzene rings is 1. The van der Waals surface area contributed by atoms with E-state index >= 15 is 0 Å². The molecule has 4 aromatic rings. The Morgan fingerprint density at radius 2 is 2.00 bits per heavy atom. The van der Waals surface area contributed by atoms with Gasteiger partial charge in [0.05, 0.1) is 22.0 Å². The van der Waals surface area contributed by atoms with Crippen LogP contribution < -0.4 is 5.56 Å². The van der Waals surface area contributed by atoms with E-state index in [1.807, 2.05) is 31.2 Å². The van der Waals surface area contributed by atoms with Crippen LogP contribution >= 0.6 is 11.3 Å². The number of rotatable bonds is 3. The molecule has 4 heterocycles. The van der Waals surface area contributed by atoms with Crippen molar-refractivity contribution in [2.45, 2.75) is 38.8 Å². The number of hydrogen-bond acceptors (Lipinski definition) is 5. The number of hydrogen-bond donors (Lipinski definition) is 0. The first-order chi connectivity index (χ1) is 13.7. The highest BCUT2D eigenvalue weighted by Gasteiger charge is 2.27. The van der Waals surface area contributed by atoms with E-state index < -0.39 is 0 Å². The Morgan fingerprint density at radius 1 is 1.11 bits per heavy atom. The lowest BCUT2D eigenvalue weighted by molar-refractivity contribution is 0.138. The van der Waals surface area contributed by atoms with Gasteiger partial charge in [-0.15, -0.1) is 11.3 Å². The maximum Gasteiger partial charge on any atom is 0.258 e. The van der Waals surface area contributed by atoms with Gasteiger partial charge in [0.25, 0.3) is 5.56 Å². The first-order valence-corrected chi connectivity index (χ1v) is 10.6. The molecule has 0 amide bonds. The fourth-order valence-corrected chi connectivity index (χ4v) is 5.28. The molecule has 0 N–H and O–H groups in total. The van der Waals surface area contributed by atoms with Crippen molar-refractivity contribution in [1.82, 2.24) is 19.3 Å². The van der Waals surface area contributed by atoms with Gasteiger partial charge >= 0.3 is 0 Å². The fraction of sp³-hybridized carbons (Fsp3) is 0.318. The third kappa shape index (κ3) is 3.12. The highest BCUT2D eigenvalue weighted by molar-refractivity contribution is 7.18. The summed E-state index contributed by atoms with van der Waals surface area (Å²) in [6, 6.07) is 16.1. The van der Waals surface area contributed by atoms with Crippen LogP contribution in [-0.4, -0.2) is 25.8 Å². The zero-order valence-corrected chi connectivity index (χ0v) is 16.7. The summed E-state index contributed by atoms with van der Waals surface area (Å²) in [6.45, 7) is 3.62. The van der Waals surface area contributed by atoms with Crippen molar-refractivity contribution in [3.05, 3.63) is 75.3 Å². The van der Waals surface area contributed by atoms with Gasteiger partial charge in [0.2, 0.25) is 0 Å². The van der Waals surface area contributed by atoms with Crippen LogP contribution in [0.1, 0.15) is 41.7 Å². The molecule has 1 aromatic carbocycles. The number of aromatic nitrogens is 3. The van der Waals surface area contributed by atoms with Gasteiger partial charge in [-0.05, 0) is 50.6 Å². The van der Waals surface area contributed by atoms with E-state index in [-0.39, 0.29) is 5.56 Å². The first-order valence-electron chi connectivity index (χ1n) is 9.77. The molecule has 1 fully saturated rings. The van der Waals surface area contributed by atoms with Crippen LogP contribution in [0.4, 0.5) is 0 Å². The smallest absolute Gasteiger partial charge is 0.258 e. The summed E-state index contributed by atoms with van der Waals surface area (Å²) in [5.41, 5.74) is 3.53. The van der Waals surface area contributed by atoms with E-state index in [0.717, 1.165) is 35.5 Å². The van der Waals surface area contributed by atoms with Crippen molar-refractivity contribution in [3.63, 3.8) is 0 Å². The molecule has 0 radical (unpaired) electrons. The van der Waals surface area contributed by atoms with Crippen LogP contribution in [0, 0.1) is 6.92 Å². The molecule has 5 nitrogen and oxygen atoms in total. The van der Waals surface area contributed by atoms with Gasteiger partial charge in [-0.1, -0.05) is 24.6 Å². The summed E-state index contributed by atoms with van der Waals surface area (Å²) in [7, 11) is 0. The zero-order chi connectivity index (χ0) is 19.1. The van der Waals surface area contributed by atoms with Gasteiger partial charge < -0.3 is 0 Å². The van der Waals surface area contributed by atoms with Crippen molar-refractivity contribution in [2.75, 3.05) is 6.54 Å². The van der Waals surface area contributed by atoms with Crippen LogP contribution in [0.5, 0.6) is 0 Å². The number of nitrogens with zero attached hydrogens (tertiary/aromatic N) is 4. The number of fused-ring (bicyclic) bond motifs is 2. The summed E-state index contributed by atoms with van der Waals surface area (Å²) in [5, 5.41) is 1.18. The molecule has 0 unspecified atom stereocenters. The Kier molecular flexibility index (Phi) is 4.45. The van der Waals surface area contributed by atoms with Crippen LogP contribution in [0.25, 0.3) is 15.9 Å². The average molecular weight is 391 g/mol. The Morgan fingerprint density at radius 3 is 2.89 bits per heavy atom. The topological polar surface area (TPSA) is 50.5 Å². The lowest BCUT2D eigenvalue weighted by Crippen LogP contribution is -2.33. The molecule has 3 aromatic heterocycles. The first kappa shape index (κ1) is 17.5. The maximum absolute atomic E-state index is 12.6. The SMILES string of the molecule is Cc1cccc2nc(CN3CCCC[C@@H]3c3nc4ccccc4s3)cc(=O)n12. The number of likely N-dealkylation sites (tertiary alicyclic amines) is 1. The number of aryl methyl sites for hydroxylation is 1. The van der Waals surface area contributed by atoms with Crippen LogP contribution in [0.2, 0.25) is 0 Å². The minimum atomic E-state index is -0.00773. The third-order valence-corrected chi connectivity index (χ3v) is 6.65. The van der Waals surface area contributed by atoms with E-state index in [1.54, 1.807) is 21.8 Å². The number of thiazole rings is 1. The standard InChI is InChI=1S/C22H22N4OS/c1-15-7-6-11-20-23-16(13-21(27)26(15)20)14-25-12-5-4-9-18(25)22-24-17-8-2-3-10-19(17)28-22/h2-3,6-8,10-11,13,18H,4-5,9,12,14H2,1H3/t18-/m1/s1. The predicted molar refractivity (Wildman–Crippen MR) is 113 cm³/mol. The average Bonchev–Trinajstić information content (AvgIpc) is 3.12. The molecule has 0 saturated carbocycles. The molecule has 5 rings (SSSR count). The van der Waals surface area contributed by atoms with Crippen LogP contribution in [-0.2, 0) is 6.54 Å². The van der Waals surface area contributed by atoms with E-state index in [1.165, 1.54) is 22.5 Å². The number of piperidine rings is 1. The Labute approximate surface area is 167 Å². The lowest BCUT2D eigenvalue weighted by Gasteiger charge is -2.34. The molecule has 1 atom stereocenters. The largest absolute Gasteiger partial charge is 0.288 e. The third-order valence-electron chi connectivity index (χ3n) is 5.51. The second-order valence-corrected chi connectivity index (χ2v) is 8.51. The van der Waals surface area contributed by atoms with Crippen LogP contribution in [0.15, 0.2) is 53.3 Å². The summed E-state index contributed by atoms with van der Waals surface area (Å²) in [6.07, 6.45) is 3.49. The van der Waals surface area contributed by atoms with Gasteiger partial charge in [0, 0.05) is 18.3 Å². The molecule has 0 bridgehead atoms. The Hall–Kier alpha value is -2.57. The van der Waals surface area contributed by atoms with Crippen molar-refractivity contribution >= 4 is 27.2 Å². The zero-order valence-electron chi connectivity index (χ0n) is 15.8. The van der Waals surface area contributed by atoms with E-state index in [9.17, 15) is 4.79 Å². The van der Waals surface area contributed by atoms with Crippen molar-refractivity contribution in [1.29, 1.82) is 0 Å². The summed E-state index contributed by atoms with van der Waals surface area (Å²) in [4.78, 5) is 24.7. The van der Waals surface area contributed by atoms with E-state index in [4.69, 9.17) is 9.97 Å². The summed E-state index contributed by atoms with van der Waals surface area (Å²) >= 11 is 1.79. The van der Waals surface area contributed by atoms with Gasteiger partial charge in [-0.2, -0.15) is 0 Å². The molecule has 1 aliphatic heterocycles. The Balaban J connectivity index is 1.49. The summed E-state index contributed by atoms with van der Waals surface area (Å²) < 4.78 is 2.91. The predicted octanol–water partition coefficient (Wildman–Crippen LogP) is 4.34. The van der Waals surface area contributed by atoms with Gasteiger partial charge in [-0.25, -0.2) is 9.97 Å². The molecule has 0 spiro atoms. The van der Waals surface area contributed by atoms with Gasteiger partial charge in [0.15, 0.2) is 0 Å². The quantitative estimate of drug-likeness (QED) is 0.522. The number of pyridine rings is 1. The van der Waals surface area contributed by atoms with Crippen molar-refractivity contribution < 1.29 is 0 Å². The van der Waals surface area contributed by atoms with Gasteiger partial charge in [0.1, 0.15) is 10.7 Å². The van der Waals surface area contributed by atoms with Gasteiger partial charge in [-0.3, -0.25) is 14.1 Å². The molecule has 0 aliphatic carbocycles. The molecule has 1 saturated heterocycles. The molecule has 1 aliphatic rings. The fourth-order valence-electron chi connectivity index (χ4n) is 4.15.